The van der Waals surface area contributed by atoms with Gasteiger partial charge in [0.2, 0.25) is 11.1 Å². The molecule has 2 aromatic rings. The number of aromatic nitrogens is 3. The van der Waals surface area contributed by atoms with Gasteiger partial charge in [0.1, 0.15) is 11.9 Å². The van der Waals surface area contributed by atoms with E-state index in [2.05, 4.69) is 15.4 Å². The first-order valence-corrected chi connectivity index (χ1v) is 9.04. The second-order valence-electron chi connectivity index (χ2n) is 5.84. The van der Waals surface area contributed by atoms with E-state index in [1.807, 2.05) is 6.92 Å². The zero-order valence-corrected chi connectivity index (χ0v) is 14.1. The topological polar surface area (TPSA) is 59.8 Å². The van der Waals surface area contributed by atoms with Crippen molar-refractivity contribution in [1.29, 1.82) is 0 Å². The lowest BCUT2D eigenvalue weighted by Gasteiger charge is -2.32. The number of carbonyl (C=O) groups excluding carboxylic acids is 1. The molecule has 0 saturated heterocycles. The van der Waals surface area contributed by atoms with Crippen LogP contribution in [-0.2, 0) is 4.79 Å². The second kappa shape index (κ2) is 6.05. The predicted octanol–water partition coefficient (Wildman–Crippen LogP) is 3.55. The van der Waals surface area contributed by atoms with Crippen LogP contribution in [-0.4, -0.2) is 26.3 Å². The number of fused-ring (bicyclic) bond motifs is 1. The molecule has 0 saturated carbocycles. The van der Waals surface area contributed by atoms with Crippen LogP contribution in [0, 0.1) is 5.82 Å². The summed E-state index contributed by atoms with van der Waals surface area (Å²) < 4.78 is 15.1. The van der Waals surface area contributed by atoms with Crippen LogP contribution >= 0.6 is 11.8 Å². The maximum absolute atomic E-state index is 13.3. The highest BCUT2D eigenvalue weighted by Crippen LogP contribution is 2.40. The maximum Gasteiger partial charge on any atom is 0.227 e. The van der Waals surface area contributed by atoms with E-state index in [9.17, 15) is 9.18 Å². The van der Waals surface area contributed by atoms with Crippen LogP contribution < -0.4 is 5.32 Å². The Bertz CT molecular complexity index is 828. The number of rotatable bonds is 3. The smallest absolute Gasteiger partial charge is 0.227 e. The van der Waals surface area contributed by atoms with Crippen molar-refractivity contribution in [2.75, 3.05) is 11.1 Å². The second-order valence-corrected chi connectivity index (χ2v) is 7.07. The van der Waals surface area contributed by atoms with E-state index in [4.69, 9.17) is 0 Å². The summed E-state index contributed by atoms with van der Waals surface area (Å²) in [6, 6.07) is 5.93. The molecule has 0 bridgehead atoms. The van der Waals surface area contributed by atoms with E-state index in [0.717, 1.165) is 35.4 Å². The van der Waals surface area contributed by atoms with Crippen molar-refractivity contribution in [2.45, 2.75) is 37.4 Å². The molecule has 0 fully saturated rings. The number of thioether (sulfide) groups is 1. The van der Waals surface area contributed by atoms with Gasteiger partial charge in [-0.25, -0.2) is 9.07 Å². The molecule has 1 aromatic heterocycles. The number of hydrogen-bond donors (Lipinski definition) is 1. The van der Waals surface area contributed by atoms with E-state index in [0.29, 0.717) is 17.5 Å². The SMILES string of the molecule is CCSc1nc2n(n1)C(c1ccc(F)cc1)C1=C(CCCC1=O)N2. The van der Waals surface area contributed by atoms with Gasteiger partial charge in [0.25, 0.3) is 0 Å². The summed E-state index contributed by atoms with van der Waals surface area (Å²) in [7, 11) is 0. The summed E-state index contributed by atoms with van der Waals surface area (Å²) in [6.07, 6.45) is 2.20. The lowest BCUT2D eigenvalue weighted by Crippen LogP contribution is -2.31. The monoisotopic (exact) mass is 344 g/mol. The number of halogens is 1. The highest BCUT2D eigenvalue weighted by Gasteiger charge is 2.36. The van der Waals surface area contributed by atoms with Crippen LogP contribution in [0.3, 0.4) is 0 Å². The van der Waals surface area contributed by atoms with Gasteiger partial charge >= 0.3 is 0 Å². The molecule has 2 heterocycles. The summed E-state index contributed by atoms with van der Waals surface area (Å²) in [5.41, 5.74) is 2.51. The minimum absolute atomic E-state index is 0.129. The van der Waals surface area contributed by atoms with Crippen LogP contribution in [0.1, 0.15) is 37.8 Å². The number of nitrogens with one attached hydrogen (secondary N) is 1. The summed E-state index contributed by atoms with van der Waals surface area (Å²) in [6.45, 7) is 2.04. The molecular weight excluding hydrogens is 327 g/mol. The fourth-order valence-electron chi connectivity index (χ4n) is 3.28. The molecule has 7 heteroatoms. The third-order valence-corrected chi connectivity index (χ3v) is 5.03. The van der Waals surface area contributed by atoms with Crippen LogP contribution in [0.25, 0.3) is 0 Å². The van der Waals surface area contributed by atoms with Crippen molar-refractivity contribution in [3.8, 4) is 0 Å². The van der Waals surface area contributed by atoms with Crippen molar-refractivity contribution in [2.24, 2.45) is 0 Å². The number of Topliss-reactive ketones (excluding diaryl/α,β-unsaturated/α-hetero) is 1. The third kappa shape index (κ3) is 2.53. The van der Waals surface area contributed by atoms with Gasteiger partial charge in [0.05, 0.1) is 0 Å². The van der Waals surface area contributed by atoms with Gasteiger partial charge in [0.15, 0.2) is 5.78 Å². The van der Waals surface area contributed by atoms with Crippen LogP contribution in [0.4, 0.5) is 10.3 Å². The molecule has 4 rings (SSSR count). The fraction of sp³-hybridized carbons (Fsp3) is 0.353. The largest absolute Gasteiger partial charge is 0.328 e. The van der Waals surface area contributed by atoms with Gasteiger partial charge < -0.3 is 5.32 Å². The maximum atomic E-state index is 13.3. The van der Waals surface area contributed by atoms with E-state index >= 15 is 0 Å². The standard InChI is InChI=1S/C17H17FN4OS/c1-2-24-17-20-16-19-12-4-3-5-13(23)14(12)15(22(16)21-17)10-6-8-11(18)9-7-10/h6-9,15H,2-5H2,1H3,(H,19,20,21). The summed E-state index contributed by atoms with van der Waals surface area (Å²) in [5, 5.41) is 8.53. The van der Waals surface area contributed by atoms with Gasteiger partial charge in [-0.05, 0) is 36.3 Å². The molecule has 1 unspecified atom stereocenters. The lowest BCUT2D eigenvalue weighted by molar-refractivity contribution is -0.116. The molecule has 1 aliphatic heterocycles. The zero-order chi connectivity index (χ0) is 16.7. The van der Waals surface area contributed by atoms with Gasteiger partial charge in [-0.2, -0.15) is 4.98 Å². The predicted molar refractivity (Wildman–Crippen MR) is 90.5 cm³/mol. The van der Waals surface area contributed by atoms with E-state index < -0.39 is 0 Å². The molecule has 0 radical (unpaired) electrons. The van der Waals surface area contributed by atoms with Crippen molar-refractivity contribution in [1.82, 2.24) is 14.8 Å². The number of allylic oxidation sites excluding steroid dienone is 2. The summed E-state index contributed by atoms with van der Waals surface area (Å²) in [4.78, 5) is 17.1. The fourth-order valence-corrected chi connectivity index (χ4v) is 3.84. The van der Waals surface area contributed by atoms with Gasteiger partial charge in [-0.3, -0.25) is 4.79 Å². The molecule has 2 aliphatic rings. The van der Waals surface area contributed by atoms with Crippen molar-refractivity contribution >= 4 is 23.5 Å². The first-order chi connectivity index (χ1) is 11.7. The van der Waals surface area contributed by atoms with Crippen LogP contribution in [0.2, 0.25) is 0 Å². The highest BCUT2D eigenvalue weighted by atomic mass is 32.2. The van der Waals surface area contributed by atoms with Gasteiger partial charge in [-0.15, -0.1) is 5.10 Å². The minimum atomic E-state index is -0.344. The molecule has 5 nitrogen and oxygen atoms in total. The highest BCUT2D eigenvalue weighted by molar-refractivity contribution is 7.99. The molecule has 1 atom stereocenters. The first-order valence-electron chi connectivity index (χ1n) is 8.05. The molecule has 0 spiro atoms. The zero-order valence-electron chi connectivity index (χ0n) is 13.3. The average molecular weight is 344 g/mol. The minimum Gasteiger partial charge on any atom is -0.328 e. The Morgan fingerprint density at radius 3 is 2.88 bits per heavy atom. The number of benzene rings is 1. The molecule has 1 aromatic carbocycles. The number of anilines is 1. The Morgan fingerprint density at radius 2 is 2.12 bits per heavy atom. The number of hydrogen-bond acceptors (Lipinski definition) is 5. The molecular formula is C17H17FN4OS. The molecule has 124 valence electrons. The number of nitrogens with zero attached hydrogens (tertiary/aromatic N) is 3. The third-order valence-electron chi connectivity index (χ3n) is 4.31. The van der Waals surface area contributed by atoms with Crippen LogP contribution in [0.15, 0.2) is 40.7 Å². The first kappa shape index (κ1) is 15.4. The number of ketones is 1. The van der Waals surface area contributed by atoms with E-state index in [1.165, 1.54) is 12.1 Å². The Labute approximate surface area is 143 Å². The summed E-state index contributed by atoms with van der Waals surface area (Å²) in [5.74, 6) is 1.35. The van der Waals surface area contributed by atoms with Crippen molar-refractivity contribution < 1.29 is 9.18 Å². The van der Waals surface area contributed by atoms with Gasteiger partial charge in [-0.1, -0.05) is 30.8 Å². The number of carbonyl (C=O) groups is 1. The average Bonchev–Trinajstić information content (AvgIpc) is 2.96. The van der Waals surface area contributed by atoms with E-state index in [1.54, 1.807) is 28.6 Å². The molecule has 0 amide bonds. The van der Waals surface area contributed by atoms with Crippen molar-refractivity contribution in [3.63, 3.8) is 0 Å². The van der Waals surface area contributed by atoms with Gasteiger partial charge in [0, 0.05) is 17.7 Å². The molecule has 24 heavy (non-hydrogen) atoms. The Hall–Kier alpha value is -2.15. The Kier molecular flexibility index (Phi) is 3.88. The normalized spacial score (nSPS) is 19.8. The Balaban J connectivity index is 1.87. The Morgan fingerprint density at radius 1 is 1.33 bits per heavy atom. The van der Waals surface area contributed by atoms with Crippen molar-refractivity contribution in [3.05, 3.63) is 46.9 Å². The molecule has 1 N–H and O–H groups in total. The quantitative estimate of drug-likeness (QED) is 0.863. The lowest BCUT2D eigenvalue weighted by atomic mass is 9.85. The molecule has 1 aliphatic carbocycles. The van der Waals surface area contributed by atoms with Crippen LogP contribution in [0.5, 0.6) is 0 Å². The summed E-state index contributed by atoms with van der Waals surface area (Å²) >= 11 is 1.56. The van der Waals surface area contributed by atoms with E-state index in [-0.39, 0.29) is 17.6 Å².